The minimum atomic E-state index is -0.202. The van der Waals surface area contributed by atoms with Gasteiger partial charge in [0, 0.05) is 67.3 Å². The Morgan fingerprint density at radius 1 is 0.950 bits per heavy atom. The third-order valence-corrected chi connectivity index (χ3v) is 7.13. The number of methoxy groups -OCH3 is 2. The zero-order chi connectivity index (χ0) is 28.1. The first-order chi connectivity index (χ1) is 19.5. The molecular formula is C30H33N5O5. The number of ether oxygens (including phenoxy) is 3. The average Bonchev–Trinajstić information content (AvgIpc) is 2.98. The number of likely N-dealkylation sites (N-methyl/N-ethyl adjacent to an activating group) is 1. The maximum absolute atomic E-state index is 12.9. The molecule has 0 atom stereocenters. The van der Waals surface area contributed by atoms with Crippen LogP contribution in [-0.4, -0.2) is 86.6 Å². The van der Waals surface area contributed by atoms with Gasteiger partial charge in [-0.2, -0.15) is 0 Å². The van der Waals surface area contributed by atoms with Crippen molar-refractivity contribution in [2.75, 3.05) is 70.4 Å². The van der Waals surface area contributed by atoms with Crippen LogP contribution in [0.15, 0.2) is 54.9 Å². The van der Waals surface area contributed by atoms with Gasteiger partial charge in [0.15, 0.2) is 23.1 Å². The maximum atomic E-state index is 12.9. The molecule has 10 heteroatoms. The maximum Gasteiger partial charge on any atom is 0.186 e. The van der Waals surface area contributed by atoms with E-state index < -0.39 is 0 Å². The molecule has 2 heterocycles. The van der Waals surface area contributed by atoms with Gasteiger partial charge in [-0.1, -0.05) is 6.92 Å². The minimum absolute atomic E-state index is 0.191. The molecule has 1 aliphatic carbocycles. The summed E-state index contributed by atoms with van der Waals surface area (Å²) in [5.74, 6) is 1.29. The van der Waals surface area contributed by atoms with Gasteiger partial charge in [-0.15, -0.1) is 0 Å². The molecule has 2 aromatic carbocycles. The second-order valence-electron chi connectivity index (χ2n) is 9.52. The van der Waals surface area contributed by atoms with E-state index in [0.29, 0.717) is 47.2 Å². The summed E-state index contributed by atoms with van der Waals surface area (Å²) >= 11 is 0. The Balaban J connectivity index is 1.51. The standard InChI is InChI=1S/C30H33N5O5/c1-4-34-9-11-35(12-10-34)26-7-5-20(15-22(26)23-16-21(36)6-8-27(23)37)33-30-24-17-28(39-3)29(40-14-13-38-2)18-25(24)31-19-32-30/h5-8,15-19H,4,9-14H2,1-3H3,(H,31,32,33). The molecule has 2 aliphatic rings. The lowest BCUT2D eigenvalue weighted by atomic mass is 9.93. The lowest BCUT2D eigenvalue weighted by Crippen LogP contribution is -2.46. The summed E-state index contributed by atoms with van der Waals surface area (Å²) in [6.07, 6.45) is 5.55. The number of allylic oxidation sites excluding steroid dienone is 4. The largest absolute Gasteiger partial charge is 0.493 e. The molecule has 0 spiro atoms. The Morgan fingerprint density at radius 3 is 2.52 bits per heavy atom. The van der Waals surface area contributed by atoms with Crippen LogP contribution in [0.3, 0.4) is 0 Å². The number of carbonyl (C=O) groups excluding carboxylic acids is 2. The van der Waals surface area contributed by atoms with Crippen molar-refractivity contribution in [2.24, 2.45) is 0 Å². The number of fused-ring (bicyclic) bond motifs is 1. The summed E-state index contributed by atoms with van der Waals surface area (Å²) in [6.45, 7) is 7.54. The van der Waals surface area contributed by atoms with Crippen LogP contribution in [0, 0.1) is 0 Å². The Kier molecular flexibility index (Phi) is 8.37. The van der Waals surface area contributed by atoms with Crippen LogP contribution in [0.2, 0.25) is 0 Å². The van der Waals surface area contributed by atoms with E-state index in [4.69, 9.17) is 14.2 Å². The summed E-state index contributed by atoms with van der Waals surface area (Å²) in [7, 11) is 3.20. The first-order valence-electron chi connectivity index (χ1n) is 13.3. The molecule has 5 rings (SSSR count). The highest BCUT2D eigenvalue weighted by Crippen LogP contribution is 2.37. The summed E-state index contributed by atoms with van der Waals surface area (Å²) in [6, 6.07) is 9.51. The molecule has 3 aromatic rings. The predicted molar refractivity (Wildman–Crippen MR) is 155 cm³/mol. The van der Waals surface area contributed by atoms with Crippen molar-refractivity contribution in [1.82, 2.24) is 14.9 Å². The van der Waals surface area contributed by atoms with Gasteiger partial charge >= 0.3 is 0 Å². The van der Waals surface area contributed by atoms with Gasteiger partial charge in [-0.3, -0.25) is 9.59 Å². The molecule has 1 fully saturated rings. The summed E-state index contributed by atoms with van der Waals surface area (Å²) in [5, 5.41) is 4.13. The minimum Gasteiger partial charge on any atom is -0.493 e. The van der Waals surface area contributed by atoms with Crippen molar-refractivity contribution in [2.45, 2.75) is 6.92 Å². The summed E-state index contributed by atoms with van der Waals surface area (Å²) < 4.78 is 16.5. The van der Waals surface area contributed by atoms with Gasteiger partial charge in [0.25, 0.3) is 0 Å². The van der Waals surface area contributed by atoms with E-state index in [0.717, 1.165) is 49.5 Å². The molecule has 0 bridgehead atoms. The van der Waals surface area contributed by atoms with Crippen molar-refractivity contribution in [3.05, 3.63) is 60.5 Å². The highest BCUT2D eigenvalue weighted by Gasteiger charge is 2.24. The molecule has 1 aromatic heterocycles. The number of hydrogen-bond acceptors (Lipinski definition) is 10. The highest BCUT2D eigenvalue weighted by molar-refractivity contribution is 6.34. The number of carbonyl (C=O) groups is 2. The number of piperazine rings is 1. The van der Waals surface area contributed by atoms with Gasteiger partial charge < -0.3 is 29.3 Å². The third-order valence-electron chi connectivity index (χ3n) is 7.13. The van der Waals surface area contributed by atoms with E-state index in [2.05, 4.69) is 32.0 Å². The number of anilines is 3. The van der Waals surface area contributed by atoms with Crippen molar-refractivity contribution < 1.29 is 23.8 Å². The second-order valence-corrected chi connectivity index (χ2v) is 9.52. The summed E-state index contributed by atoms with van der Waals surface area (Å²) in [5.41, 5.74) is 3.42. The topological polar surface area (TPSA) is 106 Å². The first-order valence-corrected chi connectivity index (χ1v) is 13.3. The normalized spacial score (nSPS) is 15.9. The molecule has 10 nitrogen and oxygen atoms in total. The lowest BCUT2D eigenvalue weighted by Gasteiger charge is -2.36. The molecule has 0 amide bonds. The molecule has 1 N–H and O–H groups in total. The molecular weight excluding hydrogens is 510 g/mol. The van der Waals surface area contributed by atoms with Crippen molar-refractivity contribution in [3.63, 3.8) is 0 Å². The Labute approximate surface area is 233 Å². The fraction of sp³-hybridized carbons (Fsp3) is 0.333. The number of benzene rings is 2. The lowest BCUT2D eigenvalue weighted by molar-refractivity contribution is -0.113. The first kappa shape index (κ1) is 27.3. The van der Waals surface area contributed by atoms with E-state index in [1.807, 2.05) is 30.3 Å². The van der Waals surface area contributed by atoms with Gasteiger partial charge in [0.2, 0.25) is 0 Å². The van der Waals surface area contributed by atoms with Gasteiger partial charge in [0.05, 0.1) is 19.2 Å². The van der Waals surface area contributed by atoms with E-state index in [-0.39, 0.29) is 11.6 Å². The van der Waals surface area contributed by atoms with E-state index in [1.54, 1.807) is 14.2 Å². The predicted octanol–water partition coefficient (Wildman–Crippen LogP) is 3.64. The molecule has 208 valence electrons. The van der Waals surface area contributed by atoms with Crippen LogP contribution in [-0.2, 0) is 14.3 Å². The zero-order valence-electron chi connectivity index (χ0n) is 23.0. The average molecular weight is 544 g/mol. The van der Waals surface area contributed by atoms with Crippen molar-refractivity contribution in [3.8, 4) is 11.5 Å². The molecule has 0 saturated carbocycles. The molecule has 1 aliphatic heterocycles. The number of aromatic nitrogens is 2. The number of ketones is 2. The van der Waals surface area contributed by atoms with Gasteiger partial charge in [-0.05, 0) is 49.0 Å². The second kappa shape index (κ2) is 12.3. The fourth-order valence-electron chi connectivity index (χ4n) is 4.94. The molecule has 1 saturated heterocycles. The SMILES string of the molecule is CCN1CCN(c2ccc(Nc3ncnc4cc(OCCOC)c(OC)cc34)cc2C2=CC(=O)C=CC2=O)CC1. The molecule has 40 heavy (non-hydrogen) atoms. The number of nitrogens with zero attached hydrogens (tertiary/aromatic N) is 4. The number of hydrogen-bond donors (Lipinski definition) is 1. The van der Waals surface area contributed by atoms with Gasteiger partial charge in [0.1, 0.15) is 18.8 Å². The Bertz CT molecular complexity index is 1480. The highest BCUT2D eigenvalue weighted by atomic mass is 16.5. The smallest absolute Gasteiger partial charge is 0.186 e. The fourth-order valence-corrected chi connectivity index (χ4v) is 4.94. The quantitative estimate of drug-likeness (QED) is 0.301. The van der Waals surface area contributed by atoms with Crippen molar-refractivity contribution in [1.29, 1.82) is 0 Å². The zero-order valence-corrected chi connectivity index (χ0v) is 23.0. The van der Waals surface area contributed by atoms with E-state index in [9.17, 15) is 9.59 Å². The van der Waals surface area contributed by atoms with E-state index >= 15 is 0 Å². The van der Waals surface area contributed by atoms with Crippen LogP contribution >= 0.6 is 0 Å². The number of rotatable bonds is 10. The Morgan fingerprint density at radius 2 is 1.77 bits per heavy atom. The molecule has 0 unspecified atom stereocenters. The van der Waals surface area contributed by atoms with Crippen LogP contribution in [0.25, 0.3) is 16.5 Å². The monoisotopic (exact) mass is 543 g/mol. The van der Waals surface area contributed by atoms with Gasteiger partial charge in [-0.25, -0.2) is 9.97 Å². The van der Waals surface area contributed by atoms with Crippen LogP contribution < -0.4 is 19.7 Å². The van der Waals surface area contributed by atoms with Crippen molar-refractivity contribution >= 4 is 45.2 Å². The third kappa shape index (κ3) is 5.83. The van der Waals surface area contributed by atoms with Crippen LogP contribution in [0.4, 0.5) is 17.2 Å². The summed E-state index contributed by atoms with van der Waals surface area (Å²) in [4.78, 5) is 38.7. The van der Waals surface area contributed by atoms with E-state index in [1.165, 1.54) is 24.6 Å². The van der Waals surface area contributed by atoms with Crippen LogP contribution in [0.1, 0.15) is 12.5 Å². The van der Waals surface area contributed by atoms with Crippen LogP contribution in [0.5, 0.6) is 11.5 Å². The Hall–Kier alpha value is -4.28. The molecule has 0 radical (unpaired) electrons. The number of nitrogens with one attached hydrogen (secondary N) is 1.